The van der Waals surface area contributed by atoms with Gasteiger partial charge >= 0.3 is 0 Å². The van der Waals surface area contributed by atoms with E-state index in [4.69, 9.17) is 21.1 Å². The van der Waals surface area contributed by atoms with Crippen molar-refractivity contribution in [1.82, 2.24) is 10.2 Å². The van der Waals surface area contributed by atoms with Crippen LogP contribution in [0.1, 0.15) is 32.8 Å². The predicted octanol–water partition coefficient (Wildman–Crippen LogP) is 4.93. The first-order valence-electron chi connectivity index (χ1n) is 13.7. The molecule has 11 heteroatoms. The molecule has 3 aromatic carbocycles. The molecule has 2 atom stereocenters. The average Bonchev–Trinajstić information content (AvgIpc) is 3.00. The summed E-state index contributed by atoms with van der Waals surface area (Å²) in [5.74, 6) is -0.261. The van der Waals surface area contributed by atoms with Crippen molar-refractivity contribution in [3.8, 4) is 11.5 Å². The number of amides is 2. The summed E-state index contributed by atoms with van der Waals surface area (Å²) in [5, 5.41) is 3.34. The lowest BCUT2D eigenvalue weighted by Crippen LogP contribution is -2.53. The van der Waals surface area contributed by atoms with E-state index in [1.165, 1.54) is 49.5 Å². The Morgan fingerprint density at radius 1 is 0.929 bits per heavy atom. The van der Waals surface area contributed by atoms with Crippen molar-refractivity contribution >= 4 is 39.1 Å². The molecule has 9 nitrogen and oxygen atoms in total. The number of carbonyl (C=O) groups is 2. The van der Waals surface area contributed by atoms with Crippen molar-refractivity contribution in [2.24, 2.45) is 0 Å². The average molecular weight is 616 g/mol. The fourth-order valence-electron chi connectivity index (χ4n) is 4.28. The van der Waals surface area contributed by atoms with Gasteiger partial charge in [-0.2, -0.15) is 0 Å². The van der Waals surface area contributed by atoms with E-state index in [-0.39, 0.29) is 34.8 Å². The first-order valence-corrected chi connectivity index (χ1v) is 15.5. The minimum absolute atomic E-state index is 0.0815. The van der Waals surface area contributed by atoms with Gasteiger partial charge < -0.3 is 19.7 Å². The number of nitrogens with zero attached hydrogens (tertiary/aromatic N) is 2. The van der Waals surface area contributed by atoms with Crippen LogP contribution < -0.4 is 19.1 Å². The Labute approximate surface area is 253 Å². The molecule has 0 aliphatic rings. The molecule has 0 heterocycles. The van der Waals surface area contributed by atoms with Crippen molar-refractivity contribution in [3.63, 3.8) is 0 Å². The molecule has 42 heavy (non-hydrogen) atoms. The summed E-state index contributed by atoms with van der Waals surface area (Å²) in [6.45, 7) is 5.16. The Kier molecular flexibility index (Phi) is 11.6. The summed E-state index contributed by atoms with van der Waals surface area (Å²) in [6, 6.07) is 19.0. The molecule has 1 N–H and O–H groups in total. The van der Waals surface area contributed by atoms with Crippen LogP contribution in [0.4, 0.5) is 5.69 Å². The van der Waals surface area contributed by atoms with E-state index in [0.717, 1.165) is 16.3 Å². The van der Waals surface area contributed by atoms with Gasteiger partial charge in [-0.05, 0) is 68.7 Å². The highest BCUT2D eigenvalue weighted by Gasteiger charge is 2.33. The lowest BCUT2D eigenvalue weighted by atomic mass is 10.1. The summed E-state index contributed by atoms with van der Waals surface area (Å²) in [7, 11) is -1.42. The second-order valence-electron chi connectivity index (χ2n) is 9.82. The number of halogens is 1. The van der Waals surface area contributed by atoms with Crippen molar-refractivity contribution in [1.29, 1.82) is 0 Å². The Bertz CT molecular complexity index is 1450. The molecule has 0 saturated heterocycles. The number of methoxy groups -OCH3 is 2. The minimum atomic E-state index is -4.28. The third-order valence-electron chi connectivity index (χ3n) is 6.99. The SMILES string of the molecule is CC[C@@H](C)NC(=O)[C@@H](C)N(CCc1ccccc1)C(=O)CN(c1ccc(Cl)cc1)S(=O)(=O)c1ccc(OC)c(OC)c1. The van der Waals surface area contributed by atoms with Crippen LogP contribution in [0.15, 0.2) is 77.7 Å². The summed E-state index contributed by atoms with van der Waals surface area (Å²) in [6.07, 6.45) is 1.21. The number of ether oxygens (including phenoxy) is 2. The van der Waals surface area contributed by atoms with Crippen LogP contribution in [-0.2, 0) is 26.0 Å². The number of anilines is 1. The largest absolute Gasteiger partial charge is 0.493 e. The molecule has 0 saturated carbocycles. The summed E-state index contributed by atoms with van der Waals surface area (Å²) in [4.78, 5) is 28.5. The second-order valence-corrected chi connectivity index (χ2v) is 12.1. The van der Waals surface area contributed by atoms with Gasteiger partial charge in [-0.15, -0.1) is 0 Å². The molecule has 226 valence electrons. The third-order valence-corrected chi connectivity index (χ3v) is 9.01. The van der Waals surface area contributed by atoms with Gasteiger partial charge in [0.25, 0.3) is 10.0 Å². The maximum Gasteiger partial charge on any atom is 0.264 e. The minimum Gasteiger partial charge on any atom is -0.493 e. The maximum absolute atomic E-state index is 14.1. The standard InChI is InChI=1S/C31H38ClN3O6S/c1-6-22(2)33-31(37)23(3)34(19-18-24-10-8-7-9-11-24)30(36)21-35(26-14-12-25(32)13-15-26)42(38,39)27-16-17-28(40-4)29(20-27)41-5/h7-17,20,22-23H,6,18-19,21H2,1-5H3,(H,33,37)/t22-,23-/m1/s1. The van der Waals surface area contributed by atoms with Crippen LogP contribution in [0.5, 0.6) is 11.5 Å². The normalized spacial score (nSPS) is 12.6. The molecule has 0 aliphatic heterocycles. The van der Waals surface area contributed by atoms with Crippen LogP contribution in [-0.4, -0.2) is 64.5 Å². The van der Waals surface area contributed by atoms with Crippen LogP contribution in [0.3, 0.4) is 0 Å². The quantitative estimate of drug-likeness (QED) is 0.276. The van der Waals surface area contributed by atoms with E-state index < -0.39 is 28.5 Å². The molecule has 0 fully saturated rings. The first kappa shape index (κ1) is 32.8. The Hall–Kier alpha value is -3.76. The second kappa shape index (κ2) is 14.9. The first-order chi connectivity index (χ1) is 20.0. The number of nitrogens with one attached hydrogen (secondary N) is 1. The van der Waals surface area contributed by atoms with Gasteiger partial charge in [-0.3, -0.25) is 13.9 Å². The Morgan fingerprint density at radius 3 is 2.17 bits per heavy atom. The molecular weight excluding hydrogens is 578 g/mol. The zero-order chi connectivity index (χ0) is 30.9. The van der Waals surface area contributed by atoms with Crippen LogP contribution >= 0.6 is 11.6 Å². The van der Waals surface area contributed by atoms with Crippen LogP contribution in [0.2, 0.25) is 5.02 Å². The van der Waals surface area contributed by atoms with Gasteiger partial charge in [0, 0.05) is 23.7 Å². The zero-order valence-electron chi connectivity index (χ0n) is 24.5. The number of rotatable bonds is 14. The molecule has 3 rings (SSSR count). The highest BCUT2D eigenvalue weighted by Crippen LogP contribution is 2.32. The van der Waals surface area contributed by atoms with Gasteiger partial charge in [0.2, 0.25) is 11.8 Å². The van der Waals surface area contributed by atoms with Gasteiger partial charge in [0.1, 0.15) is 12.6 Å². The fraction of sp³-hybridized carbons (Fsp3) is 0.355. The van der Waals surface area contributed by atoms with Crippen molar-refractivity contribution in [2.75, 3.05) is 31.6 Å². The topological polar surface area (TPSA) is 105 Å². The highest BCUT2D eigenvalue weighted by atomic mass is 35.5. The number of hydrogen-bond acceptors (Lipinski definition) is 6. The van der Waals surface area contributed by atoms with E-state index in [1.807, 2.05) is 44.2 Å². The van der Waals surface area contributed by atoms with Crippen LogP contribution in [0, 0.1) is 0 Å². The van der Waals surface area contributed by atoms with E-state index in [9.17, 15) is 18.0 Å². The van der Waals surface area contributed by atoms with Crippen molar-refractivity contribution in [2.45, 2.75) is 50.6 Å². The summed E-state index contributed by atoms with van der Waals surface area (Å²) in [5.41, 5.74) is 1.22. The molecule has 0 aromatic heterocycles. The highest BCUT2D eigenvalue weighted by molar-refractivity contribution is 7.92. The maximum atomic E-state index is 14.1. The van der Waals surface area contributed by atoms with Gasteiger partial charge in [0.15, 0.2) is 11.5 Å². The third kappa shape index (κ3) is 8.17. The molecule has 0 radical (unpaired) electrons. The monoisotopic (exact) mass is 615 g/mol. The van der Waals surface area contributed by atoms with Crippen molar-refractivity contribution < 1.29 is 27.5 Å². The summed E-state index contributed by atoms with van der Waals surface area (Å²) < 4.78 is 39.7. The fourth-order valence-corrected chi connectivity index (χ4v) is 5.83. The van der Waals surface area contributed by atoms with E-state index in [1.54, 1.807) is 19.1 Å². The lowest BCUT2D eigenvalue weighted by Gasteiger charge is -2.32. The number of benzene rings is 3. The zero-order valence-corrected chi connectivity index (χ0v) is 26.1. The molecule has 0 aliphatic carbocycles. The van der Waals surface area contributed by atoms with Crippen molar-refractivity contribution in [3.05, 3.63) is 83.4 Å². The predicted molar refractivity (Wildman–Crippen MR) is 165 cm³/mol. The van der Waals surface area contributed by atoms with Gasteiger partial charge in [-0.25, -0.2) is 8.42 Å². The smallest absolute Gasteiger partial charge is 0.264 e. The van der Waals surface area contributed by atoms with E-state index >= 15 is 0 Å². The Morgan fingerprint density at radius 2 is 1.57 bits per heavy atom. The van der Waals surface area contributed by atoms with Gasteiger partial charge in [-0.1, -0.05) is 48.9 Å². The molecule has 2 amide bonds. The number of hydrogen-bond donors (Lipinski definition) is 1. The molecular formula is C31H38ClN3O6S. The van der Waals surface area contributed by atoms with Crippen LogP contribution in [0.25, 0.3) is 0 Å². The molecule has 0 spiro atoms. The molecule has 3 aromatic rings. The van der Waals surface area contributed by atoms with E-state index in [2.05, 4.69) is 5.32 Å². The molecule has 0 bridgehead atoms. The van der Waals surface area contributed by atoms with Gasteiger partial charge in [0.05, 0.1) is 24.8 Å². The lowest BCUT2D eigenvalue weighted by molar-refractivity contribution is -0.139. The number of carbonyl (C=O) groups excluding carboxylic acids is 2. The van der Waals surface area contributed by atoms with E-state index in [0.29, 0.717) is 17.2 Å². The Balaban J connectivity index is 2.01. The summed E-state index contributed by atoms with van der Waals surface area (Å²) >= 11 is 6.09. The number of sulfonamides is 1. The molecule has 0 unspecified atom stereocenters.